The molecule has 0 aliphatic rings. The fourth-order valence-corrected chi connectivity index (χ4v) is 4.10. The van der Waals surface area contributed by atoms with Crippen LogP contribution in [0.3, 0.4) is 0 Å². The molecule has 0 aliphatic heterocycles. The fraction of sp³-hybridized carbons (Fsp3) is 0.812. The second-order valence-electron chi connectivity index (χ2n) is 37.7. The minimum absolute atomic E-state index is 0. The molecule has 0 heterocycles. The van der Waals surface area contributed by atoms with Gasteiger partial charge >= 0.3 is 34.7 Å². The molecule has 122 heavy (non-hydrogen) atoms. The second-order valence-corrected chi connectivity index (χ2v) is 37.7. The number of rotatable bonds is 12. The molecule has 0 aromatic carbocycles. The average Bonchev–Trinajstić information content (AvgIpc) is 0.904. The van der Waals surface area contributed by atoms with Crippen molar-refractivity contribution in [2.75, 3.05) is 33.5 Å². The number of unbranched alkanes of at least 4 members (excludes halogenated alkanes) is 1. The van der Waals surface area contributed by atoms with Crippen LogP contribution in [0, 0.1) is 65.0 Å². The Morgan fingerprint density at radius 3 is 0.352 bits per heavy atom. The molecule has 0 rings (SSSR count). The number of hydrogen-bond acceptors (Lipinski definition) is 14. The van der Waals surface area contributed by atoms with Crippen LogP contribution in [0.15, 0.2) is 71.0 Å². The van der Waals surface area contributed by atoms with Crippen molar-refractivity contribution in [3.05, 3.63) is 71.0 Å². The first kappa shape index (κ1) is 185. The Labute approximate surface area is 844 Å². The summed E-state index contributed by atoms with van der Waals surface area (Å²) in [4.78, 5) is 57.6. The van der Waals surface area contributed by atoms with Gasteiger partial charge in [-0.15, -0.1) is 0 Å². The third-order valence-corrected chi connectivity index (χ3v) is 12.4. The van der Waals surface area contributed by atoms with Crippen molar-refractivity contribution < 1.29 is 231 Å². The van der Waals surface area contributed by atoms with E-state index >= 15 is 0 Å². The normalized spacial score (nSPS) is 11.8. The van der Waals surface area contributed by atoms with E-state index in [1.165, 1.54) is 36.5 Å². The van der Waals surface area contributed by atoms with Crippen LogP contribution in [0.5, 0.6) is 0 Å². The van der Waals surface area contributed by atoms with Crippen molar-refractivity contribution in [3.63, 3.8) is 0 Å². The molecule has 0 aromatic heterocycles. The Kier molecular flexibility index (Phi) is 153. The molecule has 0 amide bonds. The van der Waals surface area contributed by atoms with Gasteiger partial charge in [-0.3, -0.25) is 28.8 Å². The van der Waals surface area contributed by atoms with Crippen LogP contribution in [0.25, 0.3) is 0 Å². The smallest absolute Gasteiger partial charge is 0.325 e. The number of allylic oxidation sites excluding steroid dienone is 12. The molecular formula is C96H210O20Ti6+6. The summed E-state index contributed by atoms with van der Waals surface area (Å²) in [6.45, 7) is 104. The van der Waals surface area contributed by atoms with E-state index in [9.17, 15) is 59.4 Å². The minimum Gasteiger partial charge on any atom is -0.511 e. The molecule has 0 aliphatic carbocycles. The molecule has 0 saturated carbocycles. The molecule has 20 nitrogen and oxygen atoms in total. The summed E-state index contributed by atoms with van der Waals surface area (Å²) in [5, 5.41) is 121. The van der Waals surface area contributed by atoms with Gasteiger partial charge in [0.25, 0.3) is 0 Å². The maximum absolute atomic E-state index is 9.60. The van der Waals surface area contributed by atoms with E-state index in [0.717, 1.165) is 20.0 Å². The van der Waals surface area contributed by atoms with Crippen molar-refractivity contribution in [3.8, 4) is 0 Å². The van der Waals surface area contributed by atoms with Crippen LogP contribution >= 0.6 is 0 Å². The molecule has 2 unspecified atom stereocenters. The summed E-state index contributed by atoms with van der Waals surface area (Å²) in [7, 11) is 1.00. The summed E-state index contributed by atoms with van der Waals surface area (Å²) < 4.78 is 0. The van der Waals surface area contributed by atoms with E-state index < -0.39 is 0 Å². The second kappa shape index (κ2) is 101. The number of aliphatic hydroxyl groups excluding tert-OH is 14. The van der Waals surface area contributed by atoms with E-state index in [-0.39, 0.29) is 303 Å². The van der Waals surface area contributed by atoms with E-state index in [1.54, 1.807) is 34.6 Å². The van der Waals surface area contributed by atoms with Crippen LogP contribution in [0.2, 0.25) is 0 Å². The number of hydrogen-bond donors (Lipinski definition) is 14. The van der Waals surface area contributed by atoms with Crippen LogP contribution in [0.4, 0.5) is 0 Å². The average molecular weight is 1970 g/mol. The number of carbonyl (C=O) groups excluding carboxylic acids is 6. The van der Waals surface area contributed by atoms with Crippen molar-refractivity contribution in [1.29, 1.82) is 0 Å². The SMILES string of the molecule is CC.CC.CC.CC.CC.CC.CC(C)(C)C(=[OH+])C=C(O)C(C)(C)C.CC(C)(C)C(=[OH+])C=C(O)C(C)(C)C.CC(C)(C)C(=[OH+])C=C(O)C(C)(C)C.CC(C)(C)C(=[OH+])C=C(O)C(C)(C)C.CC(C)(C)C(=[OH+])C=C(O)C(C)(C)C.CC(C)(C)C(=[OH+])C=C(O)C(C)(C)C.CC(C)O.CC(O)CC(C)O.CCCCO.CCO.CO.OCCCO.[Ti].[Ti].[Ti].[Ti].[Ti].[Ti]. The van der Waals surface area contributed by atoms with E-state index in [4.69, 9.17) is 40.9 Å². The Bertz CT molecular complexity index is 2080. The molecule has 20 N–H and O–H groups in total. The van der Waals surface area contributed by atoms with Gasteiger partial charge in [-0.1, -0.05) is 221 Å². The summed E-state index contributed by atoms with van der Waals surface area (Å²) in [5.74, 6) is 2.50. The summed E-state index contributed by atoms with van der Waals surface area (Å²) in [5.41, 5.74) is -3.68. The molecule has 732 valence electrons. The molecule has 0 radical (unpaired) electrons. The van der Waals surface area contributed by atoms with E-state index in [0.29, 0.717) is 19.4 Å². The number of aliphatic hydroxyl groups is 14. The van der Waals surface area contributed by atoms with Gasteiger partial charge in [-0.2, -0.15) is 0 Å². The van der Waals surface area contributed by atoms with Crippen LogP contribution in [-0.2, 0) is 130 Å². The summed E-state index contributed by atoms with van der Waals surface area (Å²) >= 11 is 0. The maximum Gasteiger partial charge on any atom is 0.325 e. The predicted molar refractivity (Wildman–Crippen MR) is 514 cm³/mol. The van der Waals surface area contributed by atoms with Crippen molar-refractivity contribution >= 4 is 34.7 Å². The van der Waals surface area contributed by atoms with Crippen molar-refractivity contribution in [2.24, 2.45) is 65.0 Å². The van der Waals surface area contributed by atoms with E-state index in [1.807, 2.05) is 332 Å². The largest absolute Gasteiger partial charge is 0.511 e. The first-order valence-electron chi connectivity index (χ1n) is 42.2. The van der Waals surface area contributed by atoms with Gasteiger partial charge in [0.15, 0.2) is 0 Å². The van der Waals surface area contributed by atoms with Crippen LogP contribution < -0.4 is 0 Å². The fourth-order valence-electron chi connectivity index (χ4n) is 4.10. The standard InChI is InChI=1S/6C11H20O2.C5H12O2.C4H10O.C3H8O2.C3H8O.C2H6O.6C2H6.CH4O.6Ti/c6*1-10(2,3)8(12)7-9(13)11(4,5)6;1-4(6)3-5(2)7;1-2-3-4-5;4-2-1-3-5;1-3(2)4;1-2-3;7*1-2;;;;;;/h6*7,12H,1-6H3;4-7H,3H2,1-2H3;5H,2-4H2,1H3;4-5H,1-3H2;3-4H,1-2H3;3H,2H2,1H3;6*1-2H3;2H,1H3;;;;;;/p+6. The molecule has 26 heteroatoms. The molecule has 2 atom stereocenters. The molecule has 0 saturated heterocycles. The topological polar surface area (TPSA) is 412 Å². The van der Waals surface area contributed by atoms with Gasteiger partial charge in [0.2, 0.25) is 0 Å². The summed E-state index contributed by atoms with van der Waals surface area (Å²) in [6, 6.07) is 0. The Balaban J connectivity index is -0.0000000393. The van der Waals surface area contributed by atoms with Gasteiger partial charge < -0.3 is 71.5 Å². The van der Waals surface area contributed by atoms with Gasteiger partial charge in [0, 0.05) is 202 Å². The maximum atomic E-state index is 9.60. The third-order valence-electron chi connectivity index (χ3n) is 12.4. The van der Waals surface area contributed by atoms with Gasteiger partial charge in [0.1, 0.15) is 34.6 Å². The predicted octanol–water partition coefficient (Wildman–Crippen LogP) is 24.8. The van der Waals surface area contributed by atoms with Crippen LogP contribution in [-0.4, -0.2) is 187 Å². The quantitative estimate of drug-likeness (QED) is 0.0374. The zero-order chi connectivity index (χ0) is 99.6. The number of ketones is 6. The zero-order valence-electron chi connectivity index (χ0n) is 89.8. The Morgan fingerprint density at radius 2 is 0.328 bits per heavy atom. The third kappa shape index (κ3) is 156. The Morgan fingerprint density at radius 1 is 0.238 bits per heavy atom. The molecule has 0 bridgehead atoms. The van der Waals surface area contributed by atoms with Gasteiger partial charge in [-0.05, 0) is 179 Å². The minimum atomic E-state index is -0.375. The zero-order valence-corrected chi connectivity index (χ0v) is 99.2. The van der Waals surface area contributed by atoms with Crippen molar-refractivity contribution in [2.45, 2.75) is 418 Å². The molecule has 0 spiro atoms. The van der Waals surface area contributed by atoms with Gasteiger partial charge in [0.05, 0.1) is 81.2 Å². The van der Waals surface area contributed by atoms with E-state index in [2.05, 4.69) is 6.92 Å². The van der Waals surface area contributed by atoms with Crippen LogP contribution in [0.1, 0.15) is 400 Å². The summed E-state index contributed by atoms with van der Waals surface area (Å²) in [6.07, 6.45) is 10.8. The molecule has 0 fully saturated rings. The Hall–Kier alpha value is -0.774. The first-order chi connectivity index (χ1) is 51.4. The van der Waals surface area contributed by atoms with Crippen molar-refractivity contribution in [1.82, 2.24) is 0 Å². The first-order valence-corrected chi connectivity index (χ1v) is 42.2. The monoisotopic (exact) mass is 1970 g/mol. The molecular weight excluding hydrogens is 1760 g/mol. The molecule has 0 aromatic rings. The van der Waals surface area contributed by atoms with Gasteiger partial charge in [-0.25, -0.2) is 0 Å².